The van der Waals surface area contributed by atoms with E-state index in [0.717, 1.165) is 11.1 Å². The van der Waals surface area contributed by atoms with E-state index in [1.54, 1.807) is 0 Å². The van der Waals surface area contributed by atoms with Gasteiger partial charge in [0.25, 0.3) is 0 Å². The number of hydrogen-bond acceptors (Lipinski definition) is 2. The van der Waals surface area contributed by atoms with Crippen molar-refractivity contribution in [3.63, 3.8) is 0 Å². The lowest BCUT2D eigenvalue weighted by molar-refractivity contribution is -0.00669. The summed E-state index contributed by atoms with van der Waals surface area (Å²) in [7, 11) is 0. The number of aliphatic hydroxyl groups is 1. The van der Waals surface area contributed by atoms with Gasteiger partial charge in [-0.2, -0.15) is 0 Å². The number of benzene rings is 1. The molecule has 1 N–H and O–H groups in total. The molecular formula is C12H14O2. The van der Waals surface area contributed by atoms with Crippen LogP contribution in [0, 0.1) is 0 Å². The minimum Gasteiger partial charge on any atom is -0.385 e. The number of aliphatic hydroxyl groups excluding tert-OH is 1. The van der Waals surface area contributed by atoms with Crippen molar-refractivity contribution in [1.82, 2.24) is 0 Å². The molecule has 14 heavy (non-hydrogen) atoms. The highest BCUT2D eigenvalue weighted by atomic mass is 16.5. The Morgan fingerprint density at radius 1 is 1.50 bits per heavy atom. The molecular weight excluding hydrogens is 176 g/mol. The van der Waals surface area contributed by atoms with E-state index in [1.165, 1.54) is 0 Å². The summed E-state index contributed by atoms with van der Waals surface area (Å²) in [4.78, 5) is 0. The van der Waals surface area contributed by atoms with Crippen molar-refractivity contribution in [3.8, 4) is 0 Å². The molecule has 2 nitrogen and oxygen atoms in total. The fourth-order valence-corrected chi connectivity index (χ4v) is 1.70. The third-order valence-corrected chi connectivity index (χ3v) is 2.40. The Hall–Kier alpha value is -1.12. The maximum atomic E-state index is 10.0. The van der Waals surface area contributed by atoms with Gasteiger partial charge in [-0.15, -0.1) is 0 Å². The third-order valence-electron chi connectivity index (χ3n) is 2.40. The van der Waals surface area contributed by atoms with Gasteiger partial charge in [0.15, 0.2) is 0 Å². The van der Waals surface area contributed by atoms with Crippen molar-refractivity contribution in [2.75, 3.05) is 6.61 Å². The second-order valence-corrected chi connectivity index (χ2v) is 3.27. The predicted molar refractivity (Wildman–Crippen MR) is 55.8 cm³/mol. The van der Waals surface area contributed by atoms with Crippen LogP contribution >= 0.6 is 0 Å². The molecule has 1 aliphatic carbocycles. The van der Waals surface area contributed by atoms with Crippen LogP contribution in [0.5, 0.6) is 0 Å². The summed E-state index contributed by atoms with van der Waals surface area (Å²) >= 11 is 0. The van der Waals surface area contributed by atoms with Crippen LogP contribution in [0.1, 0.15) is 25.5 Å². The van der Waals surface area contributed by atoms with Crippen LogP contribution in [0.2, 0.25) is 0 Å². The molecule has 0 aliphatic heterocycles. The standard InChI is InChI=1S/C12H14O2/c1-2-14-11-8-7-9-5-3-4-6-10(9)12(11)13/h3-8,11-13H,2H2,1H3/t11-,12-/m0/s1/i1T. The summed E-state index contributed by atoms with van der Waals surface area (Å²) in [5, 5.41) is 10.0. The molecule has 0 fully saturated rings. The normalized spacial score (nSPS) is 25.6. The van der Waals surface area contributed by atoms with Gasteiger partial charge in [-0.1, -0.05) is 36.4 Å². The first kappa shape index (κ1) is 8.21. The van der Waals surface area contributed by atoms with Crippen molar-refractivity contribution >= 4 is 6.08 Å². The Labute approximate surface area is 85.2 Å². The fraction of sp³-hybridized carbons (Fsp3) is 0.333. The monoisotopic (exact) mass is 192 g/mol. The topological polar surface area (TPSA) is 29.5 Å². The average Bonchev–Trinajstić information content (AvgIpc) is 2.29. The number of ether oxygens (including phenoxy) is 1. The number of fused-ring (bicyclic) bond motifs is 1. The van der Waals surface area contributed by atoms with Crippen LogP contribution in [0.15, 0.2) is 30.3 Å². The lowest BCUT2D eigenvalue weighted by atomic mass is 9.93. The Balaban J connectivity index is 2.18. The molecule has 0 saturated carbocycles. The molecule has 2 heteroatoms. The van der Waals surface area contributed by atoms with E-state index in [9.17, 15) is 5.11 Å². The van der Waals surface area contributed by atoms with Gasteiger partial charge in [0.1, 0.15) is 12.2 Å². The van der Waals surface area contributed by atoms with Crippen LogP contribution < -0.4 is 0 Å². The fourth-order valence-electron chi connectivity index (χ4n) is 1.70. The summed E-state index contributed by atoms with van der Waals surface area (Å²) < 4.78 is 12.4. The van der Waals surface area contributed by atoms with Crippen LogP contribution in [-0.2, 0) is 4.74 Å². The molecule has 2 rings (SSSR count). The molecule has 1 aliphatic rings. The SMILES string of the molecule is [3H]CCO[C@H]1C=Cc2ccccc2[C@@H]1O. The lowest BCUT2D eigenvalue weighted by Gasteiger charge is -2.25. The van der Waals surface area contributed by atoms with E-state index >= 15 is 0 Å². The van der Waals surface area contributed by atoms with Crippen LogP contribution in [-0.4, -0.2) is 17.8 Å². The van der Waals surface area contributed by atoms with Gasteiger partial charge in [-0.25, -0.2) is 0 Å². The maximum Gasteiger partial charge on any atom is 0.109 e. The Morgan fingerprint density at radius 3 is 3.21 bits per heavy atom. The van der Waals surface area contributed by atoms with Crippen LogP contribution in [0.3, 0.4) is 0 Å². The van der Waals surface area contributed by atoms with Gasteiger partial charge in [0.2, 0.25) is 0 Å². The van der Waals surface area contributed by atoms with Gasteiger partial charge >= 0.3 is 0 Å². The largest absolute Gasteiger partial charge is 0.385 e. The molecule has 0 radical (unpaired) electrons. The average molecular weight is 192 g/mol. The zero-order valence-electron chi connectivity index (χ0n) is 8.89. The van der Waals surface area contributed by atoms with Crippen molar-refractivity contribution in [3.05, 3.63) is 41.5 Å². The molecule has 74 valence electrons. The second-order valence-electron chi connectivity index (χ2n) is 3.27. The first-order valence-corrected chi connectivity index (χ1v) is 4.69. The highest BCUT2D eigenvalue weighted by molar-refractivity contribution is 5.58. The van der Waals surface area contributed by atoms with Crippen LogP contribution in [0.4, 0.5) is 0 Å². The summed E-state index contributed by atoms with van der Waals surface area (Å²) in [6.07, 6.45) is 2.88. The van der Waals surface area contributed by atoms with E-state index in [4.69, 9.17) is 6.11 Å². The lowest BCUT2D eigenvalue weighted by Crippen LogP contribution is -2.23. The molecule has 0 amide bonds. The van der Waals surface area contributed by atoms with Gasteiger partial charge in [0, 0.05) is 7.98 Å². The molecule has 0 saturated heterocycles. The van der Waals surface area contributed by atoms with Gasteiger partial charge < -0.3 is 9.84 Å². The number of rotatable bonds is 2. The number of hydrogen-bond donors (Lipinski definition) is 1. The van der Waals surface area contributed by atoms with Crippen LogP contribution in [0.25, 0.3) is 6.08 Å². The van der Waals surface area contributed by atoms with E-state index < -0.39 is 6.10 Å². The third kappa shape index (κ3) is 1.59. The summed E-state index contributed by atoms with van der Waals surface area (Å²) in [6, 6.07) is 7.72. The highest BCUT2D eigenvalue weighted by Gasteiger charge is 2.23. The van der Waals surface area contributed by atoms with Crippen molar-refractivity contribution in [2.45, 2.75) is 19.1 Å². The molecule has 1 aromatic rings. The van der Waals surface area contributed by atoms with Gasteiger partial charge in [-0.3, -0.25) is 0 Å². The van der Waals surface area contributed by atoms with E-state index in [2.05, 4.69) is 0 Å². The van der Waals surface area contributed by atoms with E-state index in [1.807, 2.05) is 36.4 Å². The van der Waals surface area contributed by atoms with Crippen molar-refractivity contribution in [1.29, 1.82) is 0 Å². The highest BCUT2D eigenvalue weighted by Crippen LogP contribution is 2.29. The molecule has 0 unspecified atom stereocenters. The quantitative estimate of drug-likeness (QED) is 0.778. The second kappa shape index (κ2) is 3.95. The Bertz CT molecular complexity index is 362. The summed E-state index contributed by atoms with van der Waals surface area (Å²) in [5.41, 5.74) is 1.94. The first-order valence-electron chi connectivity index (χ1n) is 5.39. The Morgan fingerprint density at radius 2 is 2.36 bits per heavy atom. The summed E-state index contributed by atoms with van der Waals surface area (Å²) in [6.45, 7) is 0.576. The summed E-state index contributed by atoms with van der Waals surface area (Å²) in [5.74, 6) is 0. The van der Waals surface area contributed by atoms with Gasteiger partial charge in [0.05, 0.1) is 0 Å². The smallest absolute Gasteiger partial charge is 0.109 e. The molecule has 0 spiro atoms. The molecule has 2 atom stereocenters. The van der Waals surface area contributed by atoms with E-state index in [0.29, 0.717) is 6.61 Å². The molecule has 1 aromatic carbocycles. The van der Waals surface area contributed by atoms with Crippen molar-refractivity contribution < 1.29 is 11.2 Å². The van der Waals surface area contributed by atoms with E-state index in [-0.39, 0.29) is 13.0 Å². The van der Waals surface area contributed by atoms with Crippen molar-refractivity contribution in [2.24, 2.45) is 0 Å². The zero-order chi connectivity index (χ0) is 10.7. The van der Waals surface area contributed by atoms with Gasteiger partial charge in [-0.05, 0) is 18.0 Å². The minimum absolute atomic E-state index is 0.221. The molecule has 0 bridgehead atoms. The first-order chi connectivity index (χ1) is 7.33. The molecule has 0 heterocycles. The molecule has 0 aromatic heterocycles. The Kier molecular flexibility index (Phi) is 2.31. The minimum atomic E-state index is -0.613. The maximum absolute atomic E-state index is 10.0. The zero-order valence-corrected chi connectivity index (χ0v) is 7.89. The predicted octanol–water partition coefficient (Wildman–Crippen LogP) is 2.15.